The summed E-state index contributed by atoms with van der Waals surface area (Å²) in [5, 5.41) is 3.18. The number of nitrogens with one attached hydrogen (secondary N) is 1. The minimum Gasteiger partial charge on any atom is -0.434 e. The summed E-state index contributed by atoms with van der Waals surface area (Å²) in [4.78, 5) is 1.95. The molecular formula is C13H18ClF3N2O. The molecule has 1 heterocycles. The highest BCUT2D eigenvalue weighted by atomic mass is 35.5. The molecule has 1 fully saturated rings. The van der Waals surface area contributed by atoms with Crippen LogP contribution in [0.25, 0.3) is 0 Å². The van der Waals surface area contributed by atoms with E-state index in [1.165, 1.54) is 6.07 Å². The number of hydrogen-bond donors (Lipinski definition) is 1. The van der Waals surface area contributed by atoms with Gasteiger partial charge in [0.2, 0.25) is 0 Å². The number of rotatable bonds is 5. The summed E-state index contributed by atoms with van der Waals surface area (Å²) in [6.07, 6.45) is 0. The number of benzene rings is 1. The normalized spacial score (nSPS) is 17.6. The number of alkyl halides is 3. The zero-order valence-corrected chi connectivity index (χ0v) is 11.7. The van der Waals surface area contributed by atoms with Crippen LogP contribution >= 0.6 is 12.4 Å². The lowest BCUT2D eigenvalue weighted by Crippen LogP contribution is -2.45. The van der Waals surface area contributed by atoms with Gasteiger partial charge in [0, 0.05) is 31.7 Å². The van der Waals surface area contributed by atoms with Gasteiger partial charge in [0.1, 0.15) is 12.4 Å². The lowest BCUT2D eigenvalue weighted by Gasteiger charge is -2.34. The Morgan fingerprint density at radius 3 is 2.45 bits per heavy atom. The molecule has 20 heavy (non-hydrogen) atoms. The van der Waals surface area contributed by atoms with Crippen molar-refractivity contribution in [3.63, 3.8) is 0 Å². The van der Waals surface area contributed by atoms with Crippen molar-refractivity contribution in [3.05, 3.63) is 29.8 Å². The minimum absolute atomic E-state index is 0. The molecule has 1 aliphatic heterocycles. The summed E-state index contributed by atoms with van der Waals surface area (Å²) in [7, 11) is 0. The first-order chi connectivity index (χ1) is 9.22. The van der Waals surface area contributed by atoms with Crippen LogP contribution in [0.5, 0.6) is 5.75 Å². The summed E-state index contributed by atoms with van der Waals surface area (Å²) in [6, 6.07) is 5.88. The van der Waals surface area contributed by atoms with Crippen LogP contribution < -0.4 is 10.1 Å². The zero-order valence-electron chi connectivity index (χ0n) is 10.9. The predicted molar refractivity (Wildman–Crippen MR) is 73.5 cm³/mol. The monoisotopic (exact) mass is 310 g/mol. The molecule has 2 rings (SSSR count). The zero-order chi connectivity index (χ0) is 13.7. The second kappa shape index (κ2) is 8.34. The largest absolute Gasteiger partial charge is 0.434 e. The van der Waals surface area contributed by atoms with E-state index in [2.05, 4.69) is 10.1 Å². The van der Waals surface area contributed by atoms with Gasteiger partial charge >= 0.3 is 6.61 Å². The van der Waals surface area contributed by atoms with Crippen molar-refractivity contribution in [3.8, 4) is 5.75 Å². The third kappa shape index (κ3) is 4.26. The first kappa shape index (κ1) is 17.1. The van der Waals surface area contributed by atoms with E-state index in [0.717, 1.165) is 13.1 Å². The van der Waals surface area contributed by atoms with Gasteiger partial charge in [-0.25, -0.2) is 4.39 Å². The number of nitrogens with zero attached hydrogens (tertiary/aromatic N) is 1. The topological polar surface area (TPSA) is 24.5 Å². The quantitative estimate of drug-likeness (QED) is 0.905. The molecule has 0 spiro atoms. The van der Waals surface area contributed by atoms with E-state index in [9.17, 15) is 13.2 Å². The smallest absolute Gasteiger partial charge is 0.387 e. The molecule has 1 saturated heterocycles. The van der Waals surface area contributed by atoms with E-state index in [0.29, 0.717) is 18.7 Å². The molecule has 0 radical (unpaired) electrons. The van der Waals surface area contributed by atoms with Crippen LogP contribution in [0.2, 0.25) is 0 Å². The molecule has 1 atom stereocenters. The van der Waals surface area contributed by atoms with Gasteiger partial charge < -0.3 is 10.1 Å². The molecule has 0 aromatic heterocycles. The molecule has 0 unspecified atom stereocenters. The predicted octanol–water partition coefficient (Wildman–Crippen LogP) is 2.63. The molecule has 0 saturated carbocycles. The standard InChI is InChI=1S/C13H17F3N2O.ClH/c14-9-11(18-7-5-17-6-8-18)10-3-1-2-4-12(10)19-13(15)16;/h1-4,11,13,17H,5-9H2;1H/t11-;/m0./s1. The van der Waals surface area contributed by atoms with E-state index < -0.39 is 19.3 Å². The number of piperazine rings is 1. The van der Waals surface area contributed by atoms with Gasteiger partial charge in [0.25, 0.3) is 0 Å². The van der Waals surface area contributed by atoms with Crippen molar-refractivity contribution in [2.45, 2.75) is 12.7 Å². The Balaban J connectivity index is 0.00000200. The van der Waals surface area contributed by atoms with E-state index in [-0.39, 0.29) is 18.2 Å². The fourth-order valence-electron chi connectivity index (χ4n) is 2.33. The Morgan fingerprint density at radius 1 is 1.20 bits per heavy atom. The van der Waals surface area contributed by atoms with Crippen LogP contribution in [-0.4, -0.2) is 44.4 Å². The average Bonchev–Trinajstić information content (AvgIpc) is 2.42. The van der Waals surface area contributed by atoms with E-state index in [1.807, 2.05) is 4.90 Å². The first-order valence-electron chi connectivity index (χ1n) is 6.27. The number of halogens is 4. The third-order valence-corrected chi connectivity index (χ3v) is 3.23. The van der Waals surface area contributed by atoms with Crippen LogP contribution in [0.4, 0.5) is 13.2 Å². The summed E-state index contributed by atoms with van der Waals surface area (Å²) in [5.74, 6) is 0.0543. The van der Waals surface area contributed by atoms with Crippen LogP contribution in [-0.2, 0) is 0 Å². The number of ether oxygens (including phenoxy) is 1. The highest BCUT2D eigenvalue weighted by Crippen LogP contribution is 2.31. The Kier molecular flexibility index (Phi) is 7.12. The maximum atomic E-state index is 13.3. The summed E-state index contributed by atoms with van der Waals surface area (Å²) >= 11 is 0. The lowest BCUT2D eigenvalue weighted by molar-refractivity contribution is -0.0514. The number of para-hydroxylation sites is 1. The van der Waals surface area contributed by atoms with Crippen molar-refractivity contribution in [2.75, 3.05) is 32.9 Å². The molecular weight excluding hydrogens is 293 g/mol. The first-order valence-corrected chi connectivity index (χ1v) is 6.27. The van der Waals surface area contributed by atoms with Gasteiger partial charge in [-0.15, -0.1) is 12.4 Å². The summed E-state index contributed by atoms with van der Waals surface area (Å²) < 4.78 is 42.6. The minimum atomic E-state index is -2.90. The van der Waals surface area contributed by atoms with Gasteiger partial charge in [-0.3, -0.25) is 4.90 Å². The maximum Gasteiger partial charge on any atom is 0.387 e. The third-order valence-electron chi connectivity index (χ3n) is 3.23. The second-order valence-corrected chi connectivity index (χ2v) is 4.37. The Morgan fingerprint density at radius 2 is 1.85 bits per heavy atom. The lowest BCUT2D eigenvalue weighted by atomic mass is 10.0. The van der Waals surface area contributed by atoms with Gasteiger partial charge in [-0.1, -0.05) is 18.2 Å². The van der Waals surface area contributed by atoms with Crippen molar-refractivity contribution in [1.29, 1.82) is 0 Å². The number of hydrogen-bond acceptors (Lipinski definition) is 3. The van der Waals surface area contributed by atoms with E-state index >= 15 is 0 Å². The summed E-state index contributed by atoms with van der Waals surface area (Å²) in [6.45, 7) is -0.592. The van der Waals surface area contributed by atoms with Gasteiger partial charge in [0.15, 0.2) is 0 Å². The molecule has 0 amide bonds. The molecule has 1 aromatic carbocycles. The van der Waals surface area contributed by atoms with E-state index in [4.69, 9.17) is 0 Å². The average molecular weight is 311 g/mol. The van der Waals surface area contributed by atoms with Gasteiger partial charge in [0.05, 0.1) is 6.04 Å². The van der Waals surface area contributed by atoms with Crippen LogP contribution in [0, 0.1) is 0 Å². The molecule has 3 nitrogen and oxygen atoms in total. The van der Waals surface area contributed by atoms with Crippen molar-refractivity contribution in [1.82, 2.24) is 10.2 Å². The molecule has 0 bridgehead atoms. The Bertz CT molecular complexity index is 403. The molecule has 114 valence electrons. The molecule has 0 aliphatic carbocycles. The van der Waals surface area contributed by atoms with Crippen LogP contribution in [0.3, 0.4) is 0 Å². The highest BCUT2D eigenvalue weighted by molar-refractivity contribution is 5.85. The van der Waals surface area contributed by atoms with Crippen LogP contribution in [0.1, 0.15) is 11.6 Å². The van der Waals surface area contributed by atoms with Crippen molar-refractivity contribution in [2.24, 2.45) is 0 Å². The summed E-state index contributed by atoms with van der Waals surface area (Å²) in [5.41, 5.74) is 0.479. The van der Waals surface area contributed by atoms with E-state index in [1.54, 1.807) is 18.2 Å². The molecule has 7 heteroatoms. The van der Waals surface area contributed by atoms with Crippen molar-refractivity contribution >= 4 is 12.4 Å². The Labute approximate surface area is 122 Å². The van der Waals surface area contributed by atoms with Crippen LogP contribution in [0.15, 0.2) is 24.3 Å². The van der Waals surface area contributed by atoms with Crippen molar-refractivity contribution < 1.29 is 17.9 Å². The Hall–Kier alpha value is -0.980. The SMILES string of the molecule is Cl.FC[C@@H](c1ccccc1OC(F)F)N1CCNCC1. The van der Waals surface area contributed by atoms with Gasteiger partial charge in [-0.05, 0) is 6.07 Å². The molecule has 1 N–H and O–H groups in total. The second-order valence-electron chi connectivity index (χ2n) is 4.37. The fourth-order valence-corrected chi connectivity index (χ4v) is 2.33. The highest BCUT2D eigenvalue weighted by Gasteiger charge is 2.25. The maximum absolute atomic E-state index is 13.3. The molecule has 1 aliphatic rings. The van der Waals surface area contributed by atoms with Gasteiger partial charge in [-0.2, -0.15) is 8.78 Å². The fraction of sp³-hybridized carbons (Fsp3) is 0.538. The molecule has 1 aromatic rings.